The standard InChI is InChI=1S/C14H17F2N3O/c1-2-7-17-8-3-4-13-18-19-14(20-13)11-6-5-10(15)9-12(11)16/h5-6,9,17H,2-4,7-8H2,1H3. The van der Waals surface area contributed by atoms with Crippen molar-refractivity contribution in [2.45, 2.75) is 26.2 Å². The summed E-state index contributed by atoms with van der Waals surface area (Å²) in [5.41, 5.74) is 0.120. The van der Waals surface area contributed by atoms with Crippen LogP contribution >= 0.6 is 0 Å². The number of nitrogens with zero attached hydrogens (tertiary/aromatic N) is 2. The second-order valence-corrected chi connectivity index (χ2v) is 4.48. The van der Waals surface area contributed by atoms with E-state index in [9.17, 15) is 8.78 Å². The van der Waals surface area contributed by atoms with E-state index in [1.165, 1.54) is 6.07 Å². The van der Waals surface area contributed by atoms with E-state index in [1.807, 2.05) is 0 Å². The predicted octanol–water partition coefficient (Wildman–Crippen LogP) is 2.95. The van der Waals surface area contributed by atoms with Gasteiger partial charge in [-0.15, -0.1) is 10.2 Å². The van der Waals surface area contributed by atoms with Gasteiger partial charge in [0.05, 0.1) is 5.56 Å². The first-order chi connectivity index (χ1) is 9.70. The van der Waals surface area contributed by atoms with Crippen molar-refractivity contribution in [1.29, 1.82) is 0 Å². The van der Waals surface area contributed by atoms with Gasteiger partial charge in [0.1, 0.15) is 11.6 Å². The van der Waals surface area contributed by atoms with Crippen LogP contribution < -0.4 is 5.32 Å². The molecule has 0 bridgehead atoms. The van der Waals surface area contributed by atoms with Crippen LogP contribution in [0, 0.1) is 11.6 Å². The molecule has 1 heterocycles. The molecular formula is C14H17F2N3O. The lowest BCUT2D eigenvalue weighted by molar-refractivity contribution is 0.487. The van der Waals surface area contributed by atoms with Crippen LogP contribution in [-0.4, -0.2) is 23.3 Å². The summed E-state index contributed by atoms with van der Waals surface area (Å²) >= 11 is 0. The molecule has 0 spiro atoms. The molecule has 20 heavy (non-hydrogen) atoms. The lowest BCUT2D eigenvalue weighted by atomic mass is 10.2. The average molecular weight is 281 g/mol. The molecular weight excluding hydrogens is 264 g/mol. The molecule has 0 aliphatic carbocycles. The van der Waals surface area contributed by atoms with Crippen molar-refractivity contribution in [3.8, 4) is 11.5 Å². The van der Waals surface area contributed by atoms with Crippen LogP contribution in [0.1, 0.15) is 25.7 Å². The topological polar surface area (TPSA) is 51.0 Å². The minimum absolute atomic E-state index is 0.0824. The SMILES string of the molecule is CCCNCCCc1nnc(-c2ccc(F)cc2F)o1. The van der Waals surface area contributed by atoms with Crippen LogP contribution in [0.5, 0.6) is 0 Å². The van der Waals surface area contributed by atoms with Crippen LogP contribution in [-0.2, 0) is 6.42 Å². The Morgan fingerprint density at radius 3 is 2.80 bits per heavy atom. The first kappa shape index (κ1) is 14.6. The van der Waals surface area contributed by atoms with Gasteiger partial charge in [-0.1, -0.05) is 6.92 Å². The van der Waals surface area contributed by atoms with Crippen LogP contribution in [0.25, 0.3) is 11.5 Å². The third kappa shape index (κ3) is 3.84. The quantitative estimate of drug-likeness (QED) is 0.793. The van der Waals surface area contributed by atoms with E-state index in [0.29, 0.717) is 12.3 Å². The van der Waals surface area contributed by atoms with E-state index >= 15 is 0 Å². The van der Waals surface area contributed by atoms with E-state index in [1.54, 1.807) is 0 Å². The van der Waals surface area contributed by atoms with Gasteiger partial charge in [0.25, 0.3) is 5.89 Å². The van der Waals surface area contributed by atoms with Gasteiger partial charge in [0.15, 0.2) is 0 Å². The van der Waals surface area contributed by atoms with E-state index in [0.717, 1.165) is 38.1 Å². The first-order valence-electron chi connectivity index (χ1n) is 6.69. The van der Waals surface area contributed by atoms with Gasteiger partial charge in [0.2, 0.25) is 5.89 Å². The molecule has 1 aromatic heterocycles. The molecule has 1 aromatic carbocycles. The number of benzene rings is 1. The van der Waals surface area contributed by atoms with Crippen LogP contribution in [0.2, 0.25) is 0 Å². The van der Waals surface area contributed by atoms with Crippen molar-refractivity contribution in [3.05, 3.63) is 35.7 Å². The predicted molar refractivity (Wildman–Crippen MR) is 71.1 cm³/mol. The molecule has 0 aliphatic rings. The van der Waals surface area contributed by atoms with Crippen molar-refractivity contribution in [2.75, 3.05) is 13.1 Å². The van der Waals surface area contributed by atoms with Crippen molar-refractivity contribution >= 4 is 0 Å². The van der Waals surface area contributed by atoms with E-state index in [2.05, 4.69) is 22.4 Å². The lowest BCUT2D eigenvalue weighted by Crippen LogP contribution is -2.16. The van der Waals surface area contributed by atoms with Crippen molar-refractivity contribution in [1.82, 2.24) is 15.5 Å². The molecule has 0 amide bonds. The fraction of sp³-hybridized carbons (Fsp3) is 0.429. The van der Waals surface area contributed by atoms with Crippen molar-refractivity contribution in [3.63, 3.8) is 0 Å². The number of rotatable bonds is 7. The Morgan fingerprint density at radius 2 is 2.05 bits per heavy atom. The molecule has 2 aromatic rings. The Balaban J connectivity index is 1.95. The Kier molecular flexibility index (Phi) is 5.17. The van der Waals surface area contributed by atoms with Gasteiger partial charge in [-0.2, -0.15) is 0 Å². The molecule has 0 saturated heterocycles. The van der Waals surface area contributed by atoms with Crippen molar-refractivity contribution in [2.24, 2.45) is 0 Å². The lowest BCUT2D eigenvalue weighted by Gasteiger charge is -2.00. The summed E-state index contributed by atoms with van der Waals surface area (Å²) in [5.74, 6) is -0.793. The highest BCUT2D eigenvalue weighted by molar-refractivity contribution is 5.53. The summed E-state index contributed by atoms with van der Waals surface area (Å²) in [6.07, 6.45) is 2.59. The maximum atomic E-state index is 13.6. The molecule has 108 valence electrons. The summed E-state index contributed by atoms with van der Waals surface area (Å²) < 4.78 is 31.8. The molecule has 2 rings (SSSR count). The van der Waals surface area contributed by atoms with Gasteiger partial charge in [-0.25, -0.2) is 8.78 Å². The zero-order valence-corrected chi connectivity index (χ0v) is 11.3. The fourth-order valence-electron chi connectivity index (χ4n) is 1.79. The summed E-state index contributed by atoms with van der Waals surface area (Å²) in [5, 5.41) is 10.9. The Hall–Kier alpha value is -1.82. The zero-order chi connectivity index (χ0) is 14.4. The Morgan fingerprint density at radius 1 is 1.20 bits per heavy atom. The summed E-state index contributed by atoms with van der Waals surface area (Å²) in [6.45, 7) is 3.96. The molecule has 0 radical (unpaired) electrons. The minimum atomic E-state index is -0.704. The van der Waals surface area contributed by atoms with Gasteiger partial charge >= 0.3 is 0 Å². The summed E-state index contributed by atoms with van der Waals surface area (Å²) in [7, 11) is 0. The summed E-state index contributed by atoms with van der Waals surface area (Å²) in [6, 6.07) is 3.26. The van der Waals surface area contributed by atoms with Gasteiger partial charge in [-0.3, -0.25) is 0 Å². The highest BCUT2D eigenvalue weighted by atomic mass is 19.1. The molecule has 0 unspecified atom stereocenters. The fourth-order valence-corrected chi connectivity index (χ4v) is 1.79. The first-order valence-corrected chi connectivity index (χ1v) is 6.69. The van der Waals surface area contributed by atoms with E-state index in [4.69, 9.17) is 4.42 Å². The van der Waals surface area contributed by atoms with Crippen molar-refractivity contribution < 1.29 is 13.2 Å². The smallest absolute Gasteiger partial charge is 0.250 e. The second kappa shape index (κ2) is 7.09. The number of aryl methyl sites for hydroxylation is 1. The average Bonchev–Trinajstić information content (AvgIpc) is 2.87. The van der Waals surface area contributed by atoms with Gasteiger partial charge < -0.3 is 9.73 Å². The van der Waals surface area contributed by atoms with Gasteiger partial charge in [0, 0.05) is 12.5 Å². The largest absolute Gasteiger partial charge is 0.421 e. The minimum Gasteiger partial charge on any atom is -0.421 e. The van der Waals surface area contributed by atoms with E-state index < -0.39 is 11.6 Å². The Labute approximate surface area is 116 Å². The number of aromatic nitrogens is 2. The third-order valence-corrected chi connectivity index (χ3v) is 2.80. The molecule has 0 saturated carbocycles. The highest BCUT2D eigenvalue weighted by Gasteiger charge is 2.13. The van der Waals surface area contributed by atoms with Crippen LogP contribution in [0.15, 0.2) is 22.6 Å². The molecule has 1 N–H and O–H groups in total. The maximum absolute atomic E-state index is 13.6. The summed E-state index contributed by atoms with van der Waals surface area (Å²) in [4.78, 5) is 0. The monoisotopic (exact) mass is 281 g/mol. The molecule has 0 aliphatic heterocycles. The molecule has 0 fully saturated rings. The normalized spacial score (nSPS) is 10.9. The number of hydrogen-bond acceptors (Lipinski definition) is 4. The number of halogens is 2. The van der Waals surface area contributed by atoms with Gasteiger partial charge in [-0.05, 0) is 38.1 Å². The van der Waals surface area contributed by atoms with Crippen LogP contribution in [0.3, 0.4) is 0 Å². The van der Waals surface area contributed by atoms with E-state index in [-0.39, 0.29) is 11.5 Å². The second-order valence-electron chi connectivity index (χ2n) is 4.48. The third-order valence-electron chi connectivity index (χ3n) is 2.80. The Bertz CT molecular complexity index is 557. The maximum Gasteiger partial charge on any atom is 0.250 e. The molecule has 0 atom stereocenters. The number of nitrogens with one attached hydrogen (secondary N) is 1. The number of hydrogen-bond donors (Lipinski definition) is 1. The van der Waals surface area contributed by atoms with Crippen LogP contribution in [0.4, 0.5) is 8.78 Å². The molecule has 4 nitrogen and oxygen atoms in total. The molecule has 6 heteroatoms. The highest BCUT2D eigenvalue weighted by Crippen LogP contribution is 2.22. The zero-order valence-electron chi connectivity index (χ0n) is 11.3.